The van der Waals surface area contributed by atoms with Gasteiger partial charge >= 0.3 is 0 Å². The smallest absolute Gasteiger partial charge is 0.231 e. The molecule has 3 aliphatic rings. The summed E-state index contributed by atoms with van der Waals surface area (Å²) in [7, 11) is 0. The predicted molar refractivity (Wildman–Crippen MR) is 84.1 cm³/mol. The van der Waals surface area contributed by atoms with Gasteiger partial charge in [-0.25, -0.2) is 0 Å². The molecular weight excluding hydrogens is 280 g/mol. The van der Waals surface area contributed by atoms with Crippen molar-refractivity contribution in [3.8, 4) is 11.5 Å². The molecule has 22 heavy (non-hydrogen) atoms. The number of morpholine rings is 1. The van der Waals surface area contributed by atoms with Gasteiger partial charge in [0.15, 0.2) is 11.5 Å². The van der Waals surface area contributed by atoms with E-state index >= 15 is 0 Å². The van der Waals surface area contributed by atoms with Crippen LogP contribution < -0.4 is 20.1 Å². The summed E-state index contributed by atoms with van der Waals surface area (Å²) in [5.74, 6) is 2.06. The summed E-state index contributed by atoms with van der Waals surface area (Å²) in [5.41, 5.74) is 2.12. The highest BCUT2D eigenvalue weighted by atomic mass is 16.7. The molecule has 0 spiro atoms. The van der Waals surface area contributed by atoms with Crippen molar-refractivity contribution in [1.82, 2.24) is 5.32 Å². The van der Waals surface area contributed by atoms with E-state index in [1.807, 2.05) is 18.2 Å². The van der Waals surface area contributed by atoms with Gasteiger partial charge in [0.25, 0.3) is 0 Å². The zero-order valence-corrected chi connectivity index (χ0v) is 12.4. The standard InChI is InChI=1S/C17H20N2O3/c1-3-13(4-2-12(1)17-10-18-7-8-20-17)19-14-5-6-15-16(9-14)22-11-21-15/h1,3-6,9,12,17-19H,2,7-8,10-11H2/t12?,17-/m1/s1. The molecule has 0 aromatic heterocycles. The van der Waals surface area contributed by atoms with Crippen LogP contribution in [0.4, 0.5) is 5.69 Å². The first kappa shape index (κ1) is 13.7. The van der Waals surface area contributed by atoms with Crippen LogP contribution in [-0.2, 0) is 4.74 Å². The molecule has 1 aromatic carbocycles. The molecule has 4 rings (SSSR count). The van der Waals surface area contributed by atoms with Crippen molar-refractivity contribution in [3.63, 3.8) is 0 Å². The van der Waals surface area contributed by atoms with E-state index in [1.165, 1.54) is 0 Å². The van der Waals surface area contributed by atoms with E-state index in [4.69, 9.17) is 14.2 Å². The van der Waals surface area contributed by atoms with Gasteiger partial charge in [-0.1, -0.05) is 12.2 Å². The minimum Gasteiger partial charge on any atom is -0.454 e. The molecule has 1 unspecified atom stereocenters. The van der Waals surface area contributed by atoms with Gasteiger partial charge in [-0.05, 0) is 24.6 Å². The molecule has 0 radical (unpaired) electrons. The molecule has 1 fully saturated rings. The van der Waals surface area contributed by atoms with Crippen molar-refractivity contribution in [2.45, 2.75) is 12.5 Å². The third-order valence-corrected chi connectivity index (χ3v) is 4.23. The first-order chi connectivity index (χ1) is 10.9. The number of hydrogen-bond acceptors (Lipinski definition) is 5. The van der Waals surface area contributed by atoms with Crippen molar-refractivity contribution in [2.24, 2.45) is 5.92 Å². The number of fused-ring (bicyclic) bond motifs is 1. The van der Waals surface area contributed by atoms with Crippen LogP contribution in [-0.4, -0.2) is 32.6 Å². The minimum absolute atomic E-state index is 0.286. The maximum atomic E-state index is 5.83. The Morgan fingerprint density at radius 1 is 1.18 bits per heavy atom. The lowest BCUT2D eigenvalue weighted by molar-refractivity contribution is 0.00355. The predicted octanol–water partition coefficient (Wildman–Crippen LogP) is 2.28. The van der Waals surface area contributed by atoms with E-state index in [2.05, 4.69) is 28.9 Å². The van der Waals surface area contributed by atoms with E-state index in [9.17, 15) is 0 Å². The lowest BCUT2D eigenvalue weighted by Crippen LogP contribution is -2.42. The fourth-order valence-electron chi connectivity index (χ4n) is 3.01. The number of allylic oxidation sites excluding steroid dienone is 2. The highest BCUT2D eigenvalue weighted by Gasteiger charge is 2.23. The van der Waals surface area contributed by atoms with Crippen LogP contribution >= 0.6 is 0 Å². The molecular formula is C17H20N2O3. The maximum absolute atomic E-state index is 5.83. The van der Waals surface area contributed by atoms with Crippen molar-refractivity contribution in [1.29, 1.82) is 0 Å². The molecule has 2 N–H and O–H groups in total. The van der Waals surface area contributed by atoms with Crippen LogP contribution in [0.15, 0.2) is 42.1 Å². The van der Waals surface area contributed by atoms with Gasteiger partial charge in [-0.15, -0.1) is 0 Å². The SMILES string of the molecule is C1=CC([C@H]2CNCCO2)CC=C1Nc1ccc2c(c1)OCO2. The normalized spacial score (nSPS) is 26.6. The van der Waals surface area contributed by atoms with Crippen molar-refractivity contribution in [3.05, 3.63) is 42.1 Å². The molecule has 1 saturated heterocycles. The van der Waals surface area contributed by atoms with Gasteiger partial charge in [0.05, 0.1) is 12.7 Å². The highest BCUT2D eigenvalue weighted by Crippen LogP contribution is 2.35. The summed E-state index contributed by atoms with van der Waals surface area (Å²) in [4.78, 5) is 0. The number of nitrogens with one attached hydrogen (secondary N) is 2. The van der Waals surface area contributed by atoms with E-state index in [1.54, 1.807) is 0 Å². The Hall–Kier alpha value is -1.98. The van der Waals surface area contributed by atoms with Gasteiger partial charge < -0.3 is 24.8 Å². The zero-order chi connectivity index (χ0) is 14.8. The molecule has 5 nitrogen and oxygen atoms in total. The maximum Gasteiger partial charge on any atom is 0.231 e. The summed E-state index contributed by atoms with van der Waals surface area (Å²) in [6.45, 7) is 3.01. The average molecular weight is 300 g/mol. The number of rotatable bonds is 3. The van der Waals surface area contributed by atoms with Crippen LogP contribution in [0.2, 0.25) is 0 Å². The van der Waals surface area contributed by atoms with Gasteiger partial charge in [-0.2, -0.15) is 0 Å². The van der Waals surface area contributed by atoms with Crippen molar-refractivity contribution < 1.29 is 14.2 Å². The summed E-state index contributed by atoms with van der Waals surface area (Å²) in [6.07, 6.45) is 7.89. The van der Waals surface area contributed by atoms with E-state index < -0.39 is 0 Å². The number of hydrogen-bond donors (Lipinski definition) is 2. The number of anilines is 1. The Balaban J connectivity index is 1.38. The molecule has 5 heteroatoms. The van der Waals surface area contributed by atoms with Crippen LogP contribution in [0.5, 0.6) is 11.5 Å². The zero-order valence-electron chi connectivity index (χ0n) is 12.4. The van der Waals surface area contributed by atoms with E-state index in [0.717, 1.165) is 49.0 Å². The van der Waals surface area contributed by atoms with Crippen LogP contribution in [0.3, 0.4) is 0 Å². The third kappa shape index (κ3) is 2.82. The lowest BCUT2D eigenvalue weighted by Gasteiger charge is -2.30. The van der Waals surface area contributed by atoms with Gasteiger partial charge in [0.1, 0.15) is 0 Å². The molecule has 0 bridgehead atoms. The molecule has 116 valence electrons. The lowest BCUT2D eigenvalue weighted by atomic mass is 9.93. The fourth-order valence-corrected chi connectivity index (χ4v) is 3.01. The molecule has 1 aromatic rings. The summed E-state index contributed by atoms with van der Waals surface area (Å²) < 4.78 is 16.6. The molecule has 2 aliphatic heterocycles. The number of ether oxygens (including phenoxy) is 3. The second-order valence-electron chi connectivity index (χ2n) is 5.72. The van der Waals surface area contributed by atoms with E-state index in [-0.39, 0.29) is 6.10 Å². The molecule has 2 heterocycles. The largest absolute Gasteiger partial charge is 0.454 e. The van der Waals surface area contributed by atoms with Gasteiger partial charge in [0, 0.05) is 36.5 Å². The fraction of sp³-hybridized carbons (Fsp3) is 0.412. The Bertz CT molecular complexity index is 606. The highest BCUT2D eigenvalue weighted by molar-refractivity contribution is 5.59. The van der Waals surface area contributed by atoms with Gasteiger partial charge in [-0.3, -0.25) is 0 Å². The topological polar surface area (TPSA) is 51.8 Å². The molecule has 1 aliphatic carbocycles. The Kier molecular flexibility index (Phi) is 3.74. The van der Waals surface area contributed by atoms with Crippen molar-refractivity contribution in [2.75, 3.05) is 31.8 Å². The quantitative estimate of drug-likeness (QED) is 0.897. The average Bonchev–Trinajstić information content (AvgIpc) is 3.04. The Morgan fingerprint density at radius 2 is 2.14 bits per heavy atom. The Morgan fingerprint density at radius 3 is 2.95 bits per heavy atom. The van der Waals surface area contributed by atoms with Crippen molar-refractivity contribution >= 4 is 5.69 Å². The summed E-state index contributed by atoms with van der Waals surface area (Å²) in [5, 5.41) is 6.80. The van der Waals surface area contributed by atoms with Gasteiger partial charge in [0.2, 0.25) is 6.79 Å². The molecule has 2 atom stereocenters. The summed E-state index contributed by atoms with van der Waals surface area (Å²) in [6, 6.07) is 5.90. The summed E-state index contributed by atoms with van der Waals surface area (Å²) >= 11 is 0. The number of benzene rings is 1. The Labute approximate surface area is 129 Å². The van der Waals surface area contributed by atoms with Crippen LogP contribution in [0.1, 0.15) is 6.42 Å². The first-order valence-electron chi connectivity index (χ1n) is 7.76. The minimum atomic E-state index is 0.286. The van der Waals surface area contributed by atoms with Crippen LogP contribution in [0, 0.1) is 5.92 Å². The molecule has 0 amide bonds. The first-order valence-corrected chi connectivity index (χ1v) is 7.76. The monoisotopic (exact) mass is 300 g/mol. The van der Waals surface area contributed by atoms with Crippen LogP contribution in [0.25, 0.3) is 0 Å². The third-order valence-electron chi connectivity index (χ3n) is 4.23. The van der Waals surface area contributed by atoms with E-state index in [0.29, 0.717) is 12.7 Å². The molecule has 0 saturated carbocycles. The second-order valence-corrected chi connectivity index (χ2v) is 5.72. The second kappa shape index (κ2) is 6.02.